The van der Waals surface area contributed by atoms with E-state index in [1.807, 2.05) is 12.1 Å². The fourth-order valence-electron chi connectivity index (χ4n) is 3.77. The first-order chi connectivity index (χ1) is 13.9. The molecule has 4 N–H and O–H groups in total. The molecule has 0 amide bonds. The molecule has 1 aromatic carbocycles. The van der Waals surface area contributed by atoms with Crippen LogP contribution in [-0.4, -0.2) is 51.0 Å². The topological polar surface area (TPSA) is 87.9 Å². The molecule has 0 unspecified atom stereocenters. The second kappa shape index (κ2) is 6.53. The summed E-state index contributed by atoms with van der Waals surface area (Å²) in [5.74, 6) is 0.0289. The standard InChI is InChI=1S/C19H19F3N6O/c20-19(21,22)28-18-17(26-28)13(9-16(23)25-18)15-8-12-7-11(1-2-14(12)24-15)10-27-3-5-29-6-4-27/h1-2,7-9,24,26H,3-6,10H2,(H2,23,25). The molecule has 0 spiro atoms. The van der Waals surface area contributed by atoms with E-state index in [2.05, 4.69) is 32.1 Å². The molecule has 7 nitrogen and oxygen atoms in total. The van der Waals surface area contributed by atoms with Crippen molar-refractivity contribution in [3.05, 3.63) is 35.9 Å². The van der Waals surface area contributed by atoms with Gasteiger partial charge in [0.1, 0.15) is 11.3 Å². The van der Waals surface area contributed by atoms with Gasteiger partial charge in [-0.25, -0.2) is 4.98 Å². The number of nitrogens with two attached hydrogens (primary N) is 1. The molecule has 5 rings (SSSR count). The number of ether oxygens (including phenoxy) is 1. The van der Waals surface area contributed by atoms with Crippen LogP contribution in [0.25, 0.3) is 33.3 Å². The summed E-state index contributed by atoms with van der Waals surface area (Å²) >= 11 is 0. The fraction of sp³-hybridized carbons (Fsp3) is 0.316. The van der Waals surface area contributed by atoms with Crippen LogP contribution in [0.4, 0.5) is 19.0 Å². The third kappa shape index (κ3) is 3.23. The number of nitrogens with one attached hydrogen (secondary N) is 2. The number of anilines is 1. The van der Waals surface area contributed by atoms with Crippen LogP contribution in [0.15, 0.2) is 30.3 Å². The molecule has 0 saturated carbocycles. The number of pyridine rings is 1. The van der Waals surface area contributed by atoms with Crippen LogP contribution in [0.3, 0.4) is 0 Å². The zero-order chi connectivity index (χ0) is 20.2. The van der Waals surface area contributed by atoms with Gasteiger partial charge in [-0.15, -0.1) is 13.2 Å². The number of hydrogen-bond donors (Lipinski definition) is 3. The molecule has 152 valence electrons. The van der Waals surface area contributed by atoms with E-state index < -0.39 is 6.30 Å². The summed E-state index contributed by atoms with van der Waals surface area (Å²) in [5.41, 5.74) is 9.16. The molecule has 1 aliphatic heterocycles. The van der Waals surface area contributed by atoms with Gasteiger partial charge in [0.2, 0.25) is 0 Å². The minimum Gasteiger partial charge on any atom is -0.384 e. The molecule has 4 heterocycles. The molecule has 1 saturated heterocycles. The summed E-state index contributed by atoms with van der Waals surface area (Å²) < 4.78 is 44.5. The smallest absolute Gasteiger partial charge is 0.384 e. The summed E-state index contributed by atoms with van der Waals surface area (Å²) in [7, 11) is 0. The fourth-order valence-corrected chi connectivity index (χ4v) is 3.77. The van der Waals surface area contributed by atoms with Crippen LogP contribution >= 0.6 is 0 Å². The van der Waals surface area contributed by atoms with Crippen molar-refractivity contribution in [1.82, 2.24) is 24.6 Å². The van der Waals surface area contributed by atoms with E-state index >= 15 is 0 Å². The second-order valence-electron chi connectivity index (χ2n) is 7.20. The maximum atomic E-state index is 13.0. The molecule has 10 heteroatoms. The zero-order valence-corrected chi connectivity index (χ0v) is 15.4. The van der Waals surface area contributed by atoms with E-state index in [0.29, 0.717) is 16.8 Å². The van der Waals surface area contributed by atoms with Gasteiger partial charge >= 0.3 is 6.30 Å². The Kier molecular flexibility index (Phi) is 4.07. The zero-order valence-electron chi connectivity index (χ0n) is 15.4. The summed E-state index contributed by atoms with van der Waals surface area (Å²) in [6.07, 6.45) is -4.57. The Morgan fingerprint density at radius 3 is 2.69 bits per heavy atom. The molecule has 0 bridgehead atoms. The van der Waals surface area contributed by atoms with Crippen LogP contribution in [0, 0.1) is 0 Å². The highest BCUT2D eigenvalue weighted by Crippen LogP contribution is 2.35. The molecule has 4 aromatic rings. The first-order valence-electron chi connectivity index (χ1n) is 9.25. The lowest BCUT2D eigenvalue weighted by molar-refractivity contribution is -0.211. The van der Waals surface area contributed by atoms with Crippen LogP contribution in [0.2, 0.25) is 0 Å². The maximum Gasteiger partial charge on any atom is 0.504 e. The highest BCUT2D eigenvalue weighted by Gasteiger charge is 2.36. The van der Waals surface area contributed by atoms with Gasteiger partial charge < -0.3 is 15.5 Å². The molecule has 0 aliphatic carbocycles. The number of hydrogen-bond acceptors (Lipinski definition) is 4. The maximum absolute atomic E-state index is 13.0. The van der Waals surface area contributed by atoms with E-state index in [-0.39, 0.29) is 16.1 Å². The lowest BCUT2D eigenvalue weighted by Crippen LogP contribution is -2.35. The Balaban J connectivity index is 1.50. The summed E-state index contributed by atoms with van der Waals surface area (Å²) in [4.78, 5) is 9.42. The number of morpholine rings is 1. The summed E-state index contributed by atoms with van der Waals surface area (Å²) in [6, 6.07) is 9.63. The predicted molar refractivity (Wildman–Crippen MR) is 103 cm³/mol. The monoisotopic (exact) mass is 404 g/mol. The number of benzene rings is 1. The molecule has 1 fully saturated rings. The van der Waals surface area contributed by atoms with Crippen molar-refractivity contribution >= 4 is 27.9 Å². The quantitative estimate of drug-likeness (QED) is 0.488. The van der Waals surface area contributed by atoms with Crippen LogP contribution in [0.5, 0.6) is 0 Å². The molecule has 3 aromatic heterocycles. The van der Waals surface area contributed by atoms with Gasteiger partial charge in [0.15, 0.2) is 5.65 Å². The van der Waals surface area contributed by atoms with Crippen molar-refractivity contribution in [2.45, 2.75) is 12.8 Å². The molecular weight excluding hydrogens is 385 g/mol. The number of nitrogens with zero attached hydrogens (tertiary/aromatic N) is 3. The van der Waals surface area contributed by atoms with E-state index in [1.54, 1.807) is 6.07 Å². The van der Waals surface area contributed by atoms with Crippen molar-refractivity contribution in [3.8, 4) is 11.3 Å². The number of aromatic amines is 2. The molecule has 29 heavy (non-hydrogen) atoms. The first-order valence-corrected chi connectivity index (χ1v) is 9.25. The summed E-state index contributed by atoms with van der Waals surface area (Å²) in [5, 5.41) is 3.31. The van der Waals surface area contributed by atoms with Gasteiger partial charge in [-0.1, -0.05) is 6.07 Å². The van der Waals surface area contributed by atoms with Crippen molar-refractivity contribution < 1.29 is 17.9 Å². The van der Waals surface area contributed by atoms with Gasteiger partial charge in [-0.2, -0.15) is 4.68 Å². The number of H-pyrrole nitrogens is 2. The SMILES string of the molecule is Nc1cc(-c2cc3cc(CN4CCOCC4)ccc3[nH]2)c2[nH]n(C(F)(F)F)c2n1. The number of aromatic nitrogens is 4. The van der Waals surface area contributed by atoms with Crippen LogP contribution in [0.1, 0.15) is 5.56 Å². The first kappa shape index (κ1) is 18.1. The molecule has 1 aliphatic rings. The van der Waals surface area contributed by atoms with Crippen LogP contribution < -0.4 is 5.73 Å². The largest absolute Gasteiger partial charge is 0.504 e. The van der Waals surface area contributed by atoms with E-state index in [1.165, 1.54) is 5.56 Å². The Labute approximate surface area is 163 Å². The molecule has 0 radical (unpaired) electrons. The van der Waals surface area contributed by atoms with Crippen molar-refractivity contribution in [1.29, 1.82) is 0 Å². The minimum atomic E-state index is -4.57. The normalized spacial score (nSPS) is 16.2. The van der Waals surface area contributed by atoms with Gasteiger partial charge in [0.05, 0.1) is 13.2 Å². The highest BCUT2D eigenvalue weighted by atomic mass is 19.4. The minimum absolute atomic E-state index is 0.0289. The second-order valence-corrected chi connectivity index (χ2v) is 7.20. The lowest BCUT2D eigenvalue weighted by atomic mass is 10.1. The highest BCUT2D eigenvalue weighted by molar-refractivity contribution is 5.96. The van der Waals surface area contributed by atoms with E-state index in [4.69, 9.17) is 10.5 Å². The number of fused-ring (bicyclic) bond motifs is 2. The third-order valence-electron chi connectivity index (χ3n) is 5.19. The lowest BCUT2D eigenvalue weighted by Gasteiger charge is -2.26. The van der Waals surface area contributed by atoms with Gasteiger partial charge in [0, 0.05) is 41.8 Å². The van der Waals surface area contributed by atoms with E-state index in [9.17, 15) is 13.2 Å². The Bertz CT molecular complexity index is 1180. The molecular formula is C19H19F3N6O. The number of rotatable bonds is 3. The predicted octanol–water partition coefficient (Wildman–Crippen LogP) is 3.40. The Morgan fingerprint density at radius 2 is 1.93 bits per heavy atom. The number of alkyl halides is 3. The van der Waals surface area contributed by atoms with Crippen molar-refractivity contribution in [3.63, 3.8) is 0 Å². The van der Waals surface area contributed by atoms with E-state index in [0.717, 1.165) is 43.8 Å². The molecule has 0 atom stereocenters. The van der Waals surface area contributed by atoms with Gasteiger partial charge in [-0.05, 0) is 29.8 Å². The average Bonchev–Trinajstić information content (AvgIpc) is 3.07. The van der Waals surface area contributed by atoms with Crippen LogP contribution in [-0.2, 0) is 17.6 Å². The Morgan fingerprint density at radius 1 is 1.14 bits per heavy atom. The van der Waals surface area contributed by atoms with Crippen molar-refractivity contribution in [2.24, 2.45) is 0 Å². The van der Waals surface area contributed by atoms with Gasteiger partial charge in [0.25, 0.3) is 0 Å². The van der Waals surface area contributed by atoms with Crippen molar-refractivity contribution in [2.75, 3.05) is 32.0 Å². The number of nitrogen functional groups attached to an aromatic ring is 1. The van der Waals surface area contributed by atoms with Gasteiger partial charge in [-0.3, -0.25) is 10.00 Å². The third-order valence-corrected chi connectivity index (χ3v) is 5.19. The average molecular weight is 404 g/mol. The number of halogens is 3. The Hall–Kier alpha value is -2.98. The summed E-state index contributed by atoms with van der Waals surface area (Å²) in [6.45, 7) is 4.13.